The molecule has 21 heavy (non-hydrogen) atoms. The van der Waals surface area contributed by atoms with E-state index in [0.717, 1.165) is 24.6 Å². The van der Waals surface area contributed by atoms with E-state index in [2.05, 4.69) is 22.0 Å². The Kier molecular flexibility index (Phi) is 4.17. The first kappa shape index (κ1) is 14.4. The standard InChI is InChI=1S/C15H19FN4S/c1-11(19-9-3-2-4-10-19)14-17-18-15(21)20(14)13-7-5-12(16)6-8-13/h5-8,11H,2-4,9-10H2,1H3,(H,18,21)/t11-/m0/s1. The zero-order valence-electron chi connectivity index (χ0n) is 12.1. The zero-order valence-corrected chi connectivity index (χ0v) is 12.9. The highest BCUT2D eigenvalue weighted by molar-refractivity contribution is 7.71. The predicted octanol–water partition coefficient (Wildman–Crippen LogP) is 3.62. The average Bonchev–Trinajstić information content (AvgIpc) is 2.90. The first-order valence-electron chi connectivity index (χ1n) is 7.34. The van der Waals surface area contributed by atoms with Crippen LogP contribution < -0.4 is 0 Å². The first-order valence-corrected chi connectivity index (χ1v) is 7.75. The van der Waals surface area contributed by atoms with Crippen molar-refractivity contribution in [2.75, 3.05) is 13.1 Å². The molecular formula is C15H19FN4S. The third-order valence-corrected chi connectivity index (χ3v) is 4.37. The van der Waals surface area contributed by atoms with Crippen molar-refractivity contribution in [1.29, 1.82) is 0 Å². The van der Waals surface area contributed by atoms with Crippen LogP contribution in [0.5, 0.6) is 0 Å². The summed E-state index contributed by atoms with van der Waals surface area (Å²) in [6, 6.07) is 6.53. The first-order chi connectivity index (χ1) is 10.2. The van der Waals surface area contributed by atoms with Gasteiger partial charge in [-0.3, -0.25) is 14.6 Å². The molecule has 0 aliphatic carbocycles. The van der Waals surface area contributed by atoms with Crippen molar-refractivity contribution in [3.63, 3.8) is 0 Å². The smallest absolute Gasteiger partial charge is 0.199 e. The second-order valence-electron chi connectivity index (χ2n) is 5.47. The molecule has 1 aromatic carbocycles. The summed E-state index contributed by atoms with van der Waals surface area (Å²) in [4.78, 5) is 2.43. The lowest BCUT2D eigenvalue weighted by Crippen LogP contribution is -2.33. The zero-order chi connectivity index (χ0) is 14.8. The van der Waals surface area contributed by atoms with E-state index in [0.29, 0.717) is 4.77 Å². The fraction of sp³-hybridized carbons (Fsp3) is 0.467. The molecular weight excluding hydrogens is 287 g/mol. The molecule has 2 heterocycles. The molecule has 1 aromatic heterocycles. The summed E-state index contributed by atoms with van der Waals surface area (Å²) in [5.74, 6) is 0.632. The number of hydrogen-bond acceptors (Lipinski definition) is 3. The van der Waals surface area contributed by atoms with Gasteiger partial charge in [0.25, 0.3) is 0 Å². The monoisotopic (exact) mass is 306 g/mol. The molecule has 2 aromatic rings. The van der Waals surface area contributed by atoms with Gasteiger partial charge in [0.15, 0.2) is 10.6 Å². The normalized spacial score (nSPS) is 17.8. The number of aromatic amines is 1. The molecule has 1 saturated heterocycles. The lowest BCUT2D eigenvalue weighted by Gasteiger charge is -2.31. The fourth-order valence-corrected chi connectivity index (χ4v) is 3.14. The number of aromatic nitrogens is 3. The van der Waals surface area contributed by atoms with Crippen LogP contribution in [0.2, 0.25) is 0 Å². The van der Waals surface area contributed by atoms with Crippen molar-refractivity contribution in [3.8, 4) is 5.69 Å². The number of nitrogens with one attached hydrogen (secondary N) is 1. The molecule has 6 heteroatoms. The lowest BCUT2D eigenvalue weighted by molar-refractivity contribution is 0.167. The van der Waals surface area contributed by atoms with Crippen LogP contribution in [0, 0.1) is 10.6 Å². The van der Waals surface area contributed by atoms with E-state index in [-0.39, 0.29) is 11.9 Å². The molecule has 112 valence electrons. The van der Waals surface area contributed by atoms with Crippen LogP contribution in [0.15, 0.2) is 24.3 Å². The summed E-state index contributed by atoms with van der Waals surface area (Å²) >= 11 is 5.34. The molecule has 3 rings (SSSR count). The van der Waals surface area contributed by atoms with Gasteiger partial charge in [-0.25, -0.2) is 4.39 Å². The van der Waals surface area contributed by atoms with Gasteiger partial charge in [-0.1, -0.05) is 6.42 Å². The molecule has 1 aliphatic rings. The SMILES string of the molecule is C[C@@H](c1n[nH]c(=S)n1-c1ccc(F)cc1)N1CCCCC1. The highest BCUT2D eigenvalue weighted by Gasteiger charge is 2.23. The lowest BCUT2D eigenvalue weighted by atomic mass is 10.1. The van der Waals surface area contributed by atoms with E-state index in [1.807, 2.05) is 4.57 Å². The highest BCUT2D eigenvalue weighted by Crippen LogP contribution is 2.25. The Morgan fingerprint density at radius 1 is 1.19 bits per heavy atom. The highest BCUT2D eigenvalue weighted by atomic mass is 32.1. The van der Waals surface area contributed by atoms with Gasteiger partial charge in [-0.15, -0.1) is 0 Å². The molecule has 0 bridgehead atoms. The quantitative estimate of drug-likeness (QED) is 0.880. The van der Waals surface area contributed by atoms with Crippen LogP contribution in [0.1, 0.15) is 38.1 Å². The van der Waals surface area contributed by atoms with Crippen LogP contribution in [0.4, 0.5) is 4.39 Å². The van der Waals surface area contributed by atoms with Gasteiger partial charge in [0.1, 0.15) is 5.82 Å². The van der Waals surface area contributed by atoms with Gasteiger partial charge in [-0.05, 0) is 69.3 Å². The minimum atomic E-state index is -0.251. The molecule has 1 fully saturated rings. The maximum Gasteiger partial charge on any atom is 0.199 e. The Morgan fingerprint density at radius 2 is 1.86 bits per heavy atom. The minimum absolute atomic E-state index is 0.184. The molecule has 1 N–H and O–H groups in total. The van der Waals surface area contributed by atoms with Crippen LogP contribution in [-0.2, 0) is 0 Å². The summed E-state index contributed by atoms with van der Waals surface area (Å²) in [7, 11) is 0. The fourth-order valence-electron chi connectivity index (χ4n) is 2.90. The van der Waals surface area contributed by atoms with E-state index < -0.39 is 0 Å². The number of likely N-dealkylation sites (tertiary alicyclic amines) is 1. The Bertz CT molecular complexity index is 655. The van der Waals surface area contributed by atoms with E-state index in [1.54, 1.807) is 12.1 Å². The summed E-state index contributed by atoms with van der Waals surface area (Å²) in [6.07, 6.45) is 3.76. The van der Waals surface area contributed by atoms with Crippen LogP contribution in [0.25, 0.3) is 5.69 Å². The van der Waals surface area contributed by atoms with Crippen LogP contribution >= 0.6 is 12.2 Å². The van der Waals surface area contributed by atoms with Gasteiger partial charge in [-0.2, -0.15) is 5.10 Å². The van der Waals surface area contributed by atoms with Gasteiger partial charge >= 0.3 is 0 Å². The molecule has 0 saturated carbocycles. The van der Waals surface area contributed by atoms with Gasteiger partial charge in [0, 0.05) is 5.69 Å². The third kappa shape index (κ3) is 2.91. The van der Waals surface area contributed by atoms with Gasteiger partial charge in [0.05, 0.1) is 6.04 Å². The Morgan fingerprint density at radius 3 is 2.52 bits per heavy atom. The molecule has 4 nitrogen and oxygen atoms in total. The van der Waals surface area contributed by atoms with Crippen molar-refractivity contribution in [2.24, 2.45) is 0 Å². The molecule has 0 radical (unpaired) electrons. The summed E-state index contributed by atoms with van der Waals surface area (Å²) in [5, 5.41) is 7.27. The maximum absolute atomic E-state index is 13.1. The largest absolute Gasteiger partial charge is 0.294 e. The van der Waals surface area contributed by atoms with Gasteiger partial charge < -0.3 is 0 Å². The van der Waals surface area contributed by atoms with Gasteiger partial charge in [0.2, 0.25) is 0 Å². The molecule has 0 spiro atoms. The molecule has 0 amide bonds. The van der Waals surface area contributed by atoms with Crippen molar-refractivity contribution >= 4 is 12.2 Å². The van der Waals surface area contributed by atoms with E-state index in [9.17, 15) is 4.39 Å². The number of rotatable bonds is 3. The van der Waals surface area contributed by atoms with Crippen molar-refractivity contribution < 1.29 is 4.39 Å². The van der Waals surface area contributed by atoms with Crippen molar-refractivity contribution in [3.05, 3.63) is 40.7 Å². The van der Waals surface area contributed by atoms with Crippen LogP contribution in [0.3, 0.4) is 0 Å². The average molecular weight is 306 g/mol. The molecule has 0 unspecified atom stereocenters. The minimum Gasteiger partial charge on any atom is -0.294 e. The summed E-state index contributed by atoms with van der Waals surface area (Å²) in [5.41, 5.74) is 0.842. The van der Waals surface area contributed by atoms with E-state index in [4.69, 9.17) is 12.2 Å². The maximum atomic E-state index is 13.1. The number of halogens is 1. The summed E-state index contributed by atoms with van der Waals surface area (Å²) < 4.78 is 15.6. The Hall–Kier alpha value is -1.53. The molecule has 1 atom stereocenters. The van der Waals surface area contributed by atoms with Crippen molar-refractivity contribution in [2.45, 2.75) is 32.2 Å². The van der Waals surface area contributed by atoms with E-state index >= 15 is 0 Å². The number of hydrogen-bond donors (Lipinski definition) is 1. The number of benzene rings is 1. The molecule has 1 aliphatic heterocycles. The third-order valence-electron chi connectivity index (χ3n) is 4.10. The van der Waals surface area contributed by atoms with Crippen molar-refractivity contribution in [1.82, 2.24) is 19.7 Å². The summed E-state index contributed by atoms with van der Waals surface area (Å²) in [6.45, 7) is 4.32. The van der Waals surface area contributed by atoms with E-state index in [1.165, 1.54) is 31.4 Å². The second kappa shape index (κ2) is 6.07. The second-order valence-corrected chi connectivity index (χ2v) is 5.86. The number of nitrogens with zero attached hydrogens (tertiary/aromatic N) is 3. The Balaban J connectivity index is 1.96. The number of piperidine rings is 1. The topological polar surface area (TPSA) is 36.9 Å². The Labute approximate surface area is 128 Å². The predicted molar refractivity (Wildman–Crippen MR) is 82.5 cm³/mol. The van der Waals surface area contributed by atoms with Crippen LogP contribution in [-0.4, -0.2) is 32.8 Å². The number of H-pyrrole nitrogens is 1.